The van der Waals surface area contributed by atoms with E-state index in [9.17, 15) is 30.0 Å². The number of nitrogens with one attached hydrogen (secondary N) is 2. The molecule has 2 aliphatic rings. The van der Waals surface area contributed by atoms with Crippen LogP contribution in [0.1, 0.15) is 25.7 Å². The molecular weight excluding hydrogens is 582 g/mol. The molecule has 1 aliphatic carbocycles. The maximum Gasteiger partial charge on any atom is 0.240 e. The number of rotatable bonds is 12. The SMILES string of the molecule is Nc1ncnc2c1ncn2CC(=O)NCCCCC(N)C(=O)NC[C@H]1OC[C@](N)(O[C@H]2[C@H](O)[C@@H](O)[C@H](N)C[C@@H]2N)[C@@H](O)[C@@H]1O. The van der Waals surface area contributed by atoms with E-state index < -0.39 is 73.0 Å². The average molecular weight is 626 g/mol. The molecule has 0 radical (unpaired) electrons. The molecule has 1 saturated heterocycles. The van der Waals surface area contributed by atoms with Crippen molar-refractivity contribution in [3.8, 4) is 0 Å². The number of carbonyl (C=O) groups excluding carboxylic acids is 2. The molecule has 2 amide bonds. The molecule has 2 fully saturated rings. The third-order valence-corrected chi connectivity index (χ3v) is 8.00. The Balaban J connectivity index is 1.14. The van der Waals surface area contributed by atoms with Gasteiger partial charge in [0.15, 0.2) is 17.2 Å². The molecular formula is C25H43N11O8. The van der Waals surface area contributed by atoms with Gasteiger partial charge in [0, 0.05) is 25.2 Å². The number of nitrogens with zero attached hydrogens (tertiary/aromatic N) is 4. The van der Waals surface area contributed by atoms with E-state index in [-0.39, 0.29) is 31.2 Å². The van der Waals surface area contributed by atoms with Crippen LogP contribution in [0, 0.1) is 0 Å². The van der Waals surface area contributed by atoms with Gasteiger partial charge in [-0.1, -0.05) is 0 Å². The molecule has 19 heteroatoms. The predicted octanol–water partition coefficient (Wildman–Crippen LogP) is -5.92. The molecule has 2 aromatic rings. The van der Waals surface area contributed by atoms with Crippen molar-refractivity contribution in [1.82, 2.24) is 30.2 Å². The van der Waals surface area contributed by atoms with E-state index in [4.69, 9.17) is 38.1 Å². The van der Waals surface area contributed by atoms with E-state index in [0.29, 0.717) is 37.0 Å². The fourth-order valence-electron chi connectivity index (χ4n) is 5.30. The molecule has 0 spiro atoms. The number of nitrogen functional groups attached to an aromatic ring is 1. The number of hydrogen-bond acceptors (Lipinski definition) is 16. The van der Waals surface area contributed by atoms with Crippen LogP contribution in [0.5, 0.6) is 0 Å². The van der Waals surface area contributed by atoms with Gasteiger partial charge in [0.1, 0.15) is 48.9 Å². The largest absolute Gasteiger partial charge is 0.389 e. The maximum atomic E-state index is 12.5. The van der Waals surface area contributed by atoms with E-state index >= 15 is 0 Å². The minimum Gasteiger partial charge on any atom is -0.389 e. The second kappa shape index (κ2) is 14.3. The van der Waals surface area contributed by atoms with Crippen molar-refractivity contribution in [2.75, 3.05) is 25.4 Å². The number of unbranched alkanes of at least 4 members (excludes halogenated alkanes) is 1. The molecule has 1 saturated carbocycles. The molecule has 16 N–H and O–H groups in total. The molecule has 10 atom stereocenters. The smallest absolute Gasteiger partial charge is 0.240 e. The fraction of sp³-hybridized carbons (Fsp3) is 0.720. The second-order valence-corrected chi connectivity index (χ2v) is 11.4. The van der Waals surface area contributed by atoms with Gasteiger partial charge < -0.3 is 68.0 Å². The topological polar surface area (TPSA) is 331 Å². The van der Waals surface area contributed by atoms with Crippen LogP contribution in [0.2, 0.25) is 0 Å². The number of aliphatic hydroxyl groups is 4. The molecule has 3 heterocycles. The van der Waals surface area contributed by atoms with Crippen LogP contribution in [0.15, 0.2) is 12.7 Å². The van der Waals surface area contributed by atoms with Crippen LogP contribution in [-0.2, 0) is 25.6 Å². The fourth-order valence-corrected chi connectivity index (χ4v) is 5.30. The zero-order valence-corrected chi connectivity index (χ0v) is 24.1. The summed E-state index contributed by atoms with van der Waals surface area (Å²) in [5.74, 6) is -0.509. The van der Waals surface area contributed by atoms with Gasteiger partial charge >= 0.3 is 0 Å². The number of imidazole rings is 1. The van der Waals surface area contributed by atoms with Gasteiger partial charge in [-0.3, -0.25) is 15.3 Å². The van der Waals surface area contributed by atoms with Crippen LogP contribution >= 0.6 is 0 Å². The molecule has 19 nitrogen and oxygen atoms in total. The Bertz CT molecular complexity index is 1290. The highest BCUT2D eigenvalue weighted by atomic mass is 16.6. The molecule has 0 bridgehead atoms. The summed E-state index contributed by atoms with van der Waals surface area (Å²) in [6, 6.07) is -2.41. The van der Waals surface area contributed by atoms with Crippen molar-refractivity contribution < 1.29 is 39.5 Å². The molecule has 1 unspecified atom stereocenters. The van der Waals surface area contributed by atoms with E-state index in [1.54, 1.807) is 4.57 Å². The highest BCUT2D eigenvalue weighted by Gasteiger charge is 2.52. The average Bonchev–Trinajstić information content (AvgIpc) is 3.40. The van der Waals surface area contributed by atoms with Crippen LogP contribution < -0.4 is 39.3 Å². The zero-order chi connectivity index (χ0) is 32.2. The van der Waals surface area contributed by atoms with Gasteiger partial charge in [-0.05, 0) is 25.7 Å². The van der Waals surface area contributed by atoms with Gasteiger partial charge in [-0.25, -0.2) is 15.0 Å². The lowest BCUT2D eigenvalue weighted by Gasteiger charge is -2.48. The molecule has 44 heavy (non-hydrogen) atoms. The number of anilines is 1. The van der Waals surface area contributed by atoms with Gasteiger partial charge in [-0.2, -0.15) is 0 Å². The Kier molecular flexibility index (Phi) is 11.0. The Labute approximate surface area is 252 Å². The Morgan fingerprint density at radius 3 is 2.59 bits per heavy atom. The summed E-state index contributed by atoms with van der Waals surface area (Å²) < 4.78 is 12.8. The first-order chi connectivity index (χ1) is 20.8. The first-order valence-electron chi connectivity index (χ1n) is 14.4. The maximum absolute atomic E-state index is 12.5. The lowest BCUT2D eigenvalue weighted by Crippen LogP contribution is -2.72. The number of aromatic nitrogens is 4. The first-order valence-corrected chi connectivity index (χ1v) is 14.4. The quantitative estimate of drug-likeness (QED) is 0.0772. The van der Waals surface area contributed by atoms with Crippen molar-refractivity contribution in [1.29, 1.82) is 0 Å². The Hall–Kier alpha value is -3.11. The van der Waals surface area contributed by atoms with Crippen LogP contribution in [0.3, 0.4) is 0 Å². The summed E-state index contributed by atoms with van der Waals surface area (Å²) in [5, 5.41) is 47.2. The Morgan fingerprint density at radius 1 is 1.09 bits per heavy atom. The summed E-state index contributed by atoms with van der Waals surface area (Å²) >= 11 is 0. The highest BCUT2D eigenvalue weighted by molar-refractivity contribution is 5.83. The number of carbonyl (C=O) groups is 2. The van der Waals surface area contributed by atoms with E-state index in [2.05, 4.69) is 25.6 Å². The van der Waals surface area contributed by atoms with E-state index in [0.717, 1.165) is 0 Å². The summed E-state index contributed by atoms with van der Waals surface area (Å²) in [6.07, 6.45) is -3.86. The molecule has 1 aliphatic heterocycles. The summed E-state index contributed by atoms with van der Waals surface area (Å²) in [7, 11) is 0. The summed E-state index contributed by atoms with van der Waals surface area (Å²) in [6.45, 7) is -0.200. The van der Waals surface area contributed by atoms with Gasteiger partial charge in [0.25, 0.3) is 0 Å². The number of amides is 2. The normalized spacial score (nSPS) is 33.2. The molecule has 246 valence electrons. The number of ether oxygens (including phenoxy) is 2. The van der Waals surface area contributed by atoms with Crippen LogP contribution in [-0.4, -0.2) is 132 Å². The monoisotopic (exact) mass is 625 g/mol. The van der Waals surface area contributed by atoms with Gasteiger partial charge in [0.2, 0.25) is 11.8 Å². The third kappa shape index (κ3) is 7.57. The van der Waals surface area contributed by atoms with E-state index in [1.807, 2.05) is 0 Å². The van der Waals surface area contributed by atoms with Crippen LogP contribution in [0.4, 0.5) is 5.82 Å². The minimum absolute atomic E-state index is 0.00393. The van der Waals surface area contributed by atoms with Crippen molar-refractivity contribution in [3.05, 3.63) is 12.7 Å². The molecule has 0 aromatic carbocycles. The van der Waals surface area contributed by atoms with Gasteiger partial charge in [-0.15, -0.1) is 0 Å². The van der Waals surface area contributed by atoms with Gasteiger partial charge in [0.05, 0.1) is 25.1 Å². The zero-order valence-electron chi connectivity index (χ0n) is 24.1. The lowest BCUT2D eigenvalue weighted by molar-refractivity contribution is -0.280. The second-order valence-electron chi connectivity index (χ2n) is 11.4. The summed E-state index contributed by atoms with van der Waals surface area (Å²) in [5.41, 5.74) is 28.6. The number of hydrogen-bond donors (Lipinski definition) is 11. The van der Waals surface area contributed by atoms with E-state index in [1.165, 1.54) is 12.7 Å². The predicted molar refractivity (Wildman–Crippen MR) is 154 cm³/mol. The number of nitrogens with two attached hydrogens (primary N) is 5. The van der Waals surface area contributed by atoms with Crippen molar-refractivity contribution in [3.63, 3.8) is 0 Å². The highest BCUT2D eigenvalue weighted by Crippen LogP contribution is 2.29. The molecule has 4 rings (SSSR count). The van der Waals surface area contributed by atoms with Crippen LogP contribution in [0.25, 0.3) is 11.2 Å². The number of aliphatic hydroxyl groups excluding tert-OH is 4. The van der Waals surface area contributed by atoms with Crippen molar-refractivity contribution in [2.45, 2.75) is 92.7 Å². The first kappa shape index (κ1) is 33.8. The minimum atomic E-state index is -1.95. The number of fused-ring (bicyclic) bond motifs is 1. The van der Waals surface area contributed by atoms with Crippen molar-refractivity contribution in [2.24, 2.45) is 22.9 Å². The third-order valence-electron chi connectivity index (χ3n) is 8.00. The lowest BCUT2D eigenvalue weighted by atomic mass is 9.84. The Morgan fingerprint density at radius 2 is 1.84 bits per heavy atom. The standard InChI is InChI=1S/C25H43N11O8/c26-11(3-1-2-4-31-15(37)7-36-10-35-16-22(29)33-9-34-23(16)36)24(42)32-6-14-18(39)21(41)25(30,8-43-14)44-20-13(28)5-12(27)17(38)19(20)40/h9-14,17-21,38-41H,1-8,26-28,30H2,(H,31,37)(H,32,42)(H2,29,33,34)/t11?,12-,13+,14-,17+,18-,19-,20-,21+,25+/m1/s1. The van der Waals surface area contributed by atoms with Crippen molar-refractivity contribution >= 4 is 28.8 Å². The molecule has 2 aromatic heterocycles. The summed E-state index contributed by atoms with van der Waals surface area (Å²) in [4.78, 5) is 36.9.